The summed E-state index contributed by atoms with van der Waals surface area (Å²) >= 11 is 11.9. The number of alkyl halides is 1. The number of carbonyl (C=O) groups is 1. The quantitative estimate of drug-likeness (QED) is 0.823. The van der Waals surface area contributed by atoms with Gasteiger partial charge in [-0.2, -0.15) is 0 Å². The number of carbonyl (C=O) groups excluding carboxylic acids is 1. The monoisotopic (exact) mass is 317 g/mol. The van der Waals surface area contributed by atoms with Gasteiger partial charge in [0.25, 0.3) is 5.91 Å². The summed E-state index contributed by atoms with van der Waals surface area (Å²) in [5, 5.41) is 2.83. The van der Waals surface area contributed by atoms with E-state index in [1.165, 1.54) is 18.2 Å². The van der Waals surface area contributed by atoms with Gasteiger partial charge in [0.05, 0.1) is 16.1 Å². The zero-order chi connectivity index (χ0) is 14.8. The Kier molecular flexibility index (Phi) is 4.92. The van der Waals surface area contributed by atoms with E-state index < -0.39 is 11.4 Å². The normalized spacial score (nSPS) is 26.3. The lowest BCUT2D eigenvalue weighted by molar-refractivity contribution is 0.0872. The van der Waals surface area contributed by atoms with Crippen molar-refractivity contribution in [3.63, 3.8) is 0 Å². The third kappa shape index (κ3) is 3.26. The third-order valence-electron chi connectivity index (χ3n) is 4.06. The molecule has 0 heterocycles. The molecule has 1 aromatic rings. The fourth-order valence-corrected chi connectivity index (χ4v) is 3.14. The number of hydrogen-bond donors (Lipinski definition) is 1. The molecule has 0 unspecified atom stereocenters. The molecule has 0 spiro atoms. The van der Waals surface area contributed by atoms with E-state index in [1.807, 2.05) is 0 Å². The van der Waals surface area contributed by atoms with E-state index >= 15 is 0 Å². The van der Waals surface area contributed by atoms with Gasteiger partial charge < -0.3 is 5.32 Å². The first-order valence-corrected chi connectivity index (χ1v) is 7.71. The number of hydrogen-bond acceptors (Lipinski definition) is 1. The lowest BCUT2D eigenvalue weighted by Gasteiger charge is -2.38. The Balaban J connectivity index is 2.15. The molecular weight excluding hydrogens is 300 g/mol. The number of rotatable bonds is 3. The lowest BCUT2D eigenvalue weighted by atomic mass is 9.78. The van der Waals surface area contributed by atoms with Crippen molar-refractivity contribution in [1.29, 1.82) is 0 Å². The molecule has 0 radical (unpaired) electrons. The maximum absolute atomic E-state index is 13.4. The fraction of sp³-hybridized carbons (Fsp3) is 0.533. The zero-order valence-corrected chi connectivity index (χ0v) is 12.9. The van der Waals surface area contributed by atoms with Crippen LogP contribution >= 0.6 is 23.2 Å². The largest absolute Gasteiger partial charge is 0.345 e. The predicted octanol–water partition coefficient (Wildman–Crippen LogP) is 4.40. The molecule has 1 aromatic carbocycles. The first kappa shape index (κ1) is 15.6. The van der Waals surface area contributed by atoms with E-state index in [4.69, 9.17) is 23.2 Å². The summed E-state index contributed by atoms with van der Waals surface area (Å²) in [4.78, 5) is 12.3. The summed E-state index contributed by atoms with van der Waals surface area (Å²) in [6.07, 6.45) is 3.75. The van der Waals surface area contributed by atoms with Gasteiger partial charge in [0.15, 0.2) is 0 Å². The fourth-order valence-electron chi connectivity index (χ4n) is 2.59. The smallest absolute Gasteiger partial charge is 0.253 e. The van der Waals surface area contributed by atoms with Gasteiger partial charge in [0.2, 0.25) is 0 Å². The highest BCUT2D eigenvalue weighted by Crippen LogP contribution is 2.33. The molecule has 1 aliphatic rings. The summed E-state index contributed by atoms with van der Waals surface area (Å²) in [5.41, 5.74) is -0.240. The highest BCUT2D eigenvalue weighted by molar-refractivity contribution is 6.34. The zero-order valence-electron chi connectivity index (χ0n) is 11.4. The molecule has 5 heteroatoms. The van der Waals surface area contributed by atoms with Crippen molar-refractivity contribution in [2.45, 2.75) is 38.1 Å². The Morgan fingerprint density at radius 1 is 1.45 bits per heavy atom. The van der Waals surface area contributed by atoms with Crippen LogP contribution in [0, 0.1) is 11.7 Å². The van der Waals surface area contributed by atoms with E-state index in [9.17, 15) is 9.18 Å². The summed E-state index contributed by atoms with van der Waals surface area (Å²) < 4.78 is 13.4. The molecule has 2 rings (SSSR count). The predicted molar refractivity (Wildman–Crippen MR) is 80.0 cm³/mol. The van der Waals surface area contributed by atoms with Crippen molar-refractivity contribution in [3.8, 4) is 0 Å². The van der Waals surface area contributed by atoms with Gasteiger partial charge in [-0.3, -0.25) is 4.79 Å². The minimum Gasteiger partial charge on any atom is -0.345 e. The second kappa shape index (κ2) is 6.31. The van der Waals surface area contributed by atoms with Gasteiger partial charge in [0, 0.05) is 5.88 Å². The molecule has 1 N–H and O–H groups in total. The number of amides is 1. The summed E-state index contributed by atoms with van der Waals surface area (Å²) in [7, 11) is 0. The van der Waals surface area contributed by atoms with Crippen LogP contribution in [0.5, 0.6) is 0 Å². The van der Waals surface area contributed by atoms with E-state index in [0.717, 1.165) is 25.7 Å². The van der Waals surface area contributed by atoms with E-state index in [0.29, 0.717) is 11.8 Å². The van der Waals surface area contributed by atoms with Crippen molar-refractivity contribution >= 4 is 29.1 Å². The highest BCUT2D eigenvalue weighted by Gasteiger charge is 2.35. The van der Waals surface area contributed by atoms with Crippen molar-refractivity contribution in [1.82, 2.24) is 5.32 Å². The lowest BCUT2D eigenvalue weighted by Crippen LogP contribution is -2.52. The van der Waals surface area contributed by atoms with Crippen LogP contribution in [0.3, 0.4) is 0 Å². The Morgan fingerprint density at radius 2 is 2.10 bits per heavy atom. The van der Waals surface area contributed by atoms with Gasteiger partial charge in [-0.05, 0) is 43.7 Å². The minimum absolute atomic E-state index is 0.140. The van der Waals surface area contributed by atoms with Crippen LogP contribution in [0.4, 0.5) is 4.39 Å². The summed E-state index contributed by atoms with van der Waals surface area (Å²) in [6.45, 7) is 2.20. The number of benzene rings is 1. The molecule has 0 aromatic heterocycles. The first-order chi connectivity index (χ1) is 9.47. The summed E-state index contributed by atoms with van der Waals surface area (Å²) in [6, 6.07) is 4.24. The highest BCUT2D eigenvalue weighted by atomic mass is 35.5. The average Bonchev–Trinajstić information content (AvgIpc) is 2.44. The molecule has 20 heavy (non-hydrogen) atoms. The molecule has 1 amide bonds. The van der Waals surface area contributed by atoms with Crippen molar-refractivity contribution in [2.75, 3.05) is 5.88 Å². The van der Waals surface area contributed by atoms with E-state index in [2.05, 4.69) is 12.2 Å². The number of halogens is 3. The summed E-state index contributed by atoms with van der Waals surface area (Å²) in [5.74, 6) is 0.0699. The topological polar surface area (TPSA) is 29.1 Å². The second-order valence-corrected chi connectivity index (χ2v) is 6.30. The molecule has 0 bridgehead atoms. The van der Waals surface area contributed by atoms with E-state index in [-0.39, 0.29) is 16.5 Å². The molecule has 1 fully saturated rings. The minimum atomic E-state index is -0.587. The Bertz CT molecular complexity index is 499. The van der Waals surface area contributed by atoms with Crippen LogP contribution in [0.15, 0.2) is 18.2 Å². The average molecular weight is 318 g/mol. The molecule has 1 aliphatic carbocycles. The SMILES string of the molecule is CC1CCC(CCl)(NC(=O)c2cccc(F)c2Cl)CC1. The Labute approximate surface area is 128 Å². The van der Waals surface area contributed by atoms with Gasteiger partial charge in [-0.1, -0.05) is 24.6 Å². The number of nitrogens with one attached hydrogen (secondary N) is 1. The van der Waals surface area contributed by atoms with Gasteiger partial charge in [0.1, 0.15) is 5.82 Å². The van der Waals surface area contributed by atoms with Gasteiger partial charge >= 0.3 is 0 Å². The Morgan fingerprint density at radius 3 is 2.70 bits per heavy atom. The maximum Gasteiger partial charge on any atom is 0.253 e. The molecule has 2 nitrogen and oxygen atoms in total. The van der Waals surface area contributed by atoms with Gasteiger partial charge in [-0.15, -0.1) is 11.6 Å². The molecule has 0 saturated heterocycles. The van der Waals surface area contributed by atoms with Crippen molar-refractivity contribution < 1.29 is 9.18 Å². The van der Waals surface area contributed by atoms with Crippen molar-refractivity contribution in [3.05, 3.63) is 34.6 Å². The maximum atomic E-state index is 13.4. The molecule has 0 atom stereocenters. The van der Waals surface area contributed by atoms with Crippen LogP contribution in [0.1, 0.15) is 43.0 Å². The molecule has 110 valence electrons. The van der Waals surface area contributed by atoms with Crippen LogP contribution in [0.25, 0.3) is 0 Å². The molecular formula is C15H18Cl2FNO. The van der Waals surface area contributed by atoms with Crippen molar-refractivity contribution in [2.24, 2.45) is 5.92 Å². The van der Waals surface area contributed by atoms with Crippen LogP contribution in [0.2, 0.25) is 5.02 Å². The van der Waals surface area contributed by atoms with Crippen LogP contribution < -0.4 is 5.32 Å². The van der Waals surface area contributed by atoms with Crippen LogP contribution in [-0.4, -0.2) is 17.3 Å². The second-order valence-electron chi connectivity index (χ2n) is 5.65. The Hall–Kier alpha value is -0.800. The van der Waals surface area contributed by atoms with Gasteiger partial charge in [-0.25, -0.2) is 4.39 Å². The standard InChI is InChI=1S/C15H18Cl2FNO/c1-10-5-7-15(9-16,8-6-10)19-14(20)11-3-2-4-12(18)13(11)17/h2-4,10H,5-9H2,1H3,(H,19,20). The molecule has 1 saturated carbocycles. The third-order valence-corrected chi connectivity index (χ3v) is 4.96. The van der Waals surface area contributed by atoms with E-state index in [1.54, 1.807) is 0 Å². The molecule has 0 aliphatic heterocycles. The van der Waals surface area contributed by atoms with Crippen LogP contribution in [-0.2, 0) is 0 Å². The first-order valence-electron chi connectivity index (χ1n) is 6.80.